The van der Waals surface area contributed by atoms with Gasteiger partial charge < -0.3 is 11.1 Å². The van der Waals surface area contributed by atoms with Crippen LogP contribution in [0.2, 0.25) is 15.1 Å². The van der Waals surface area contributed by atoms with E-state index in [1.54, 1.807) is 24.3 Å². The number of benzene rings is 2. The first kappa shape index (κ1) is 16.0. The SMILES string of the molecule is NC(=S)c1ccc(C(=O)Nc2cc(Cl)c(Cl)cc2Cl)cc1. The number of rotatable bonds is 3. The number of halogens is 3. The molecule has 108 valence electrons. The van der Waals surface area contributed by atoms with Gasteiger partial charge in [-0.1, -0.05) is 59.2 Å². The summed E-state index contributed by atoms with van der Waals surface area (Å²) in [6.45, 7) is 0. The first-order chi connectivity index (χ1) is 9.88. The molecule has 0 aliphatic rings. The number of thiocarbonyl (C=S) groups is 1. The first-order valence-corrected chi connectivity index (χ1v) is 7.28. The zero-order valence-electron chi connectivity index (χ0n) is 10.5. The molecule has 0 saturated carbocycles. The number of anilines is 1. The van der Waals surface area contributed by atoms with Crippen LogP contribution in [-0.4, -0.2) is 10.9 Å². The molecule has 3 N–H and O–H groups in total. The standard InChI is InChI=1S/C14H9Cl3N2OS/c15-9-5-11(17)12(6-10(9)16)19-14(20)8-3-1-7(2-4-8)13(18)21/h1-6H,(H2,18,21)(H,19,20). The molecule has 0 spiro atoms. The molecule has 0 radical (unpaired) electrons. The number of amides is 1. The molecule has 0 aliphatic carbocycles. The van der Waals surface area contributed by atoms with Crippen LogP contribution < -0.4 is 11.1 Å². The number of carbonyl (C=O) groups excluding carboxylic acids is 1. The first-order valence-electron chi connectivity index (χ1n) is 5.74. The van der Waals surface area contributed by atoms with E-state index in [0.717, 1.165) is 0 Å². The molecule has 0 bridgehead atoms. The molecule has 0 fully saturated rings. The maximum Gasteiger partial charge on any atom is 0.255 e. The molecular weight excluding hydrogens is 351 g/mol. The Labute approximate surface area is 142 Å². The number of nitrogens with one attached hydrogen (secondary N) is 1. The van der Waals surface area contributed by atoms with Crippen molar-refractivity contribution in [2.24, 2.45) is 5.73 Å². The Morgan fingerprint density at radius 1 is 0.952 bits per heavy atom. The van der Waals surface area contributed by atoms with Crippen LogP contribution in [0.1, 0.15) is 15.9 Å². The minimum atomic E-state index is -0.329. The summed E-state index contributed by atoms with van der Waals surface area (Å²) in [4.78, 5) is 12.4. The second kappa shape index (κ2) is 6.62. The van der Waals surface area contributed by atoms with Crippen molar-refractivity contribution < 1.29 is 4.79 Å². The second-order valence-corrected chi connectivity index (χ2v) is 5.80. The molecule has 2 rings (SSSR count). The van der Waals surface area contributed by atoms with Crippen molar-refractivity contribution in [3.63, 3.8) is 0 Å². The average Bonchev–Trinajstić information content (AvgIpc) is 2.44. The molecule has 3 nitrogen and oxygen atoms in total. The lowest BCUT2D eigenvalue weighted by Crippen LogP contribution is -2.13. The smallest absolute Gasteiger partial charge is 0.255 e. The van der Waals surface area contributed by atoms with E-state index < -0.39 is 0 Å². The predicted molar refractivity (Wildman–Crippen MR) is 91.8 cm³/mol. The second-order valence-electron chi connectivity index (χ2n) is 4.14. The van der Waals surface area contributed by atoms with Crippen molar-refractivity contribution in [2.75, 3.05) is 5.32 Å². The third-order valence-electron chi connectivity index (χ3n) is 2.69. The van der Waals surface area contributed by atoms with Gasteiger partial charge in [0.25, 0.3) is 5.91 Å². The molecule has 21 heavy (non-hydrogen) atoms. The van der Waals surface area contributed by atoms with Crippen LogP contribution in [0.15, 0.2) is 36.4 Å². The van der Waals surface area contributed by atoms with Crippen molar-refractivity contribution in [1.29, 1.82) is 0 Å². The fraction of sp³-hybridized carbons (Fsp3) is 0. The van der Waals surface area contributed by atoms with Gasteiger partial charge in [0.1, 0.15) is 4.99 Å². The number of hydrogen-bond donors (Lipinski definition) is 2. The van der Waals surface area contributed by atoms with E-state index in [1.807, 2.05) is 0 Å². The molecule has 0 aromatic heterocycles. The van der Waals surface area contributed by atoms with E-state index in [2.05, 4.69) is 5.32 Å². The van der Waals surface area contributed by atoms with Gasteiger partial charge >= 0.3 is 0 Å². The highest BCUT2D eigenvalue weighted by molar-refractivity contribution is 7.80. The summed E-state index contributed by atoms with van der Waals surface area (Å²) >= 11 is 22.6. The lowest BCUT2D eigenvalue weighted by Gasteiger charge is -2.09. The van der Waals surface area contributed by atoms with Crippen molar-refractivity contribution >= 4 is 63.6 Å². The maximum atomic E-state index is 12.1. The third-order valence-corrected chi connectivity index (χ3v) is 3.96. The van der Waals surface area contributed by atoms with Gasteiger partial charge in [0.15, 0.2) is 0 Å². The Kier molecular flexibility index (Phi) is 5.06. The highest BCUT2D eigenvalue weighted by atomic mass is 35.5. The van der Waals surface area contributed by atoms with Gasteiger partial charge in [-0.2, -0.15) is 0 Å². The lowest BCUT2D eigenvalue weighted by molar-refractivity contribution is 0.102. The average molecular weight is 360 g/mol. The lowest BCUT2D eigenvalue weighted by atomic mass is 10.1. The van der Waals surface area contributed by atoms with Crippen molar-refractivity contribution in [2.45, 2.75) is 0 Å². The fourth-order valence-electron chi connectivity index (χ4n) is 1.60. The van der Waals surface area contributed by atoms with Crippen LogP contribution in [0.3, 0.4) is 0 Å². The summed E-state index contributed by atoms with van der Waals surface area (Å²) in [7, 11) is 0. The number of hydrogen-bond acceptors (Lipinski definition) is 2. The Morgan fingerprint density at radius 2 is 1.48 bits per heavy atom. The Balaban J connectivity index is 2.22. The topological polar surface area (TPSA) is 55.1 Å². The monoisotopic (exact) mass is 358 g/mol. The zero-order chi connectivity index (χ0) is 15.6. The third kappa shape index (κ3) is 3.86. The maximum absolute atomic E-state index is 12.1. The molecule has 7 heteroatoms. The molecule has 2 aromatic carbocycles. The van der Waals surface area contributed by atoms with Crippen LogP contribution >= 0.6 is 47.0 Å². The van der Waals surface area contributed by atoms with E-state index in [0.29, 0.717) is 31.9 Å². The van der Waals surface area contributed by atoms with Gasteiger partial charge in [0.05, 0.1) is 20.8 Å². The summed E-state index contributed by atoms with van der Waals surface area (Å²) in [5.74, 6) is -0.329. The summed E-state index contributed by atoms with van der Waals surface area (Å²) in [6, 6.07) is 9.55. The molecule has 2 aromatic rings. The molecule has 0 aliphatic heterocycles. The van der Waals surface area contributed by atoms with Gasteiger partial charge in [-0.05, 0) is 24.3 Å². The fourth-order valence-corrected chi connectivity index (χ4v) is 2.33. The largest absolute Gasteiger partial charge is 0.389 e. The highest BCUT2D eigenvalue weighted by Crippen LogP contribution is 2.32. The van der Waals surface area contributed by atoms with Crippen LogP contribution in [0.5, 0.6) is 0 Å². The van der Waals surface area contributed by atoms with Crippen LogP contribution in [0.4, 0.5) is 5.69 Å². The summed E-state index contributed by atoms with van der Waals surface area (Å²) in [6.07, 6.45) is 0. The summed E-state index contributed by atoms with van der Waals surface area (Å²) < 4.78 is 0. The van der Waals surface area contributed by atoms with Gasteiger partial charge in [-0.3, -0.25) is 4.79 Å². The van der Waals surface area contributed by atoms with E-state index in [1.165, 1.54) is 12.1 Å². The van der Waals surface area contributed by atoms with Gasteiger partial charge in [0, 0.05) is 11.1 Å². The Morgan fingerprint density at radius 3 is 2.05 bits per heavy atom. The molecular formula is C14H9Cl3N2OS. The molecule has 0 saturated heterocycles. The minimum absolute atomic E-state index is 0.273. The molecule has 1 amide bonds. The quantitative estimate of drug-likeness (QED) is 0.625. The van der Waals surface area contributed by atoms with Crippen molar-refractivity contribution in [3.05, 3.63) is 62.6 Å². The van der Waals surface area contributed by atoms with Gasteiger partial charge in [-0.25, -0.2) is 0 Å². The highest BCUT2D eigenvalue weighted by Gasteiger charge is 2.11. The minimum Gasteiger partial charge on any atom is -0.389 e. The van der Waals surface area contributed by atoms with Crippen LogP contribution in [0, 0.1) is 0 Å². The molecule has 0 unspecified atom stereocenters. The zero-order valence-corrected chi connectivity index (χ0v) is 13.6. The Bertz CT molecular complexity index is 717. The summed E-state index contributed by atoms with van der Waals surface area (Å²) in [5, 5.41) is 3.59. The van der Waals surface area contributed by atoms with Gasteiger partial charge in [-0.15, -0.1) is 0 Å². The molecule has 0 atom stereocenters. The van der Waals surface area contributed by atoms with Crippen LogP contribution in [0.25, 0.3) is 0 Å². The number of nitrogens with two attached hydrogens (primary N) is 1. The normalized spacial score (nSPS) is 10.2. The van der Waals surface area contributed by atoms with E-state index in [-0.39, 0.29) is 10.9 Å². The van der Waals surface area contributed by atoms with E-state index >= 15 is 0 Å². The summed E-state index contributed by atoms with van der Waals surface area (Å²) in [5.41, 5.74) is 7.02. The molecule has 0 heterocycles. The van der Waals surface area contributed by atoms with Crippen molar-refractivity contribution in [1.82, 2.24) is 0 Å². The van der Waals surface area contributed by atoms with Crippen LogP contribution in [-0.2, 0) is 0 Å². The van der Waals surface area contributed by atoms with Crippen molar-refractivity contribution in [3.8, 4) is 0 Å². The Hall–Kier alpha value is -1.33. The van der Waals surface area contributed by atoms with E-state index in [4.69, 9.17) is 52.8 Å². The van der Waals surface area contributed by atoms with E-state index in [9.17, 15) is 4.79 Å². The van der Waals surface area contributed by atoms with Gasteiger partial charge in [0.2, 0.25) is 0 Å². The predicted octanol–water partition coefficient (Wildman–Crippen LogP) is 4.53. The number of carbonyl (C=O) groups is 1.